The summed E-state index contributed by atoms with van der Waals surface area (Å²) in [5.74, 6) is -0.437. The molecule has 15 rings (SSSR count). The SMILES string of the molecule is O=C(Cc1ccccc1)Cc1ccccc1.O=C1C(=O)c2c(-c3ccccc3)c3ccccc3c3cccc1c23.O=C1C(c2ccccc2)=C2C(=C1c1ccccc1)c1c(-c3ccccc3)c3ccccc3c3cccc2c13.[K+].[OH-]. The van der Waals surface area contributed by atoms with Crippen molar-refractivity contribution < 1.29 is 76.0 Å². The van der Waals surface area contributed by atoms with E-state index in [1.165, 1.54) is 32.7 Å². The van der Waals surface area contributed by atoms with Gasteiger partial charge in [0.15, 0.2) is 5.78 Å². The Kier molecular flexibility index (Phi) is 15.4. The van der Waals surface area contributed by atoms with Gasteiger partial charge in [-0.3, -0.25) is 19.2 Å². The van der Waals surface area contributed by atoms with Gasteiger partial charge in [0.25, 0.3) is 0 Å². The van der Waals surface area contributed by atoms with Crippen molar-refractivity contribution in [2.45, 2.75) is 12.8 Å². The summed E-state index contributed by atoms with van der Waals surface area (Å²) in [7, 11) is 0. The van der Waals surface area contributed by atoms with Gasteiger partial charge in [-0.05, 0) is 82.2 Å². The van der Waals surface area contributed by atoms with Crippen molar-refractivity contribution in [3.05, 3.63) is 311 Å². The quantitative estimate of drug-likeness (QED) is 0.0858. The van der Waals surface area contributed by atoms with Crippen LogP contribution in [0.2, 0.25) is 0 Å². The molecule has 0 bridgehead atoms. The van der Waals surface area contributed by atoms with E-state index in [1.807, 2.05) is 158 Å². The number of ketones is 4. The first-order valence-corrected chi connectivity index (χ1v) is 26.3. The van der Waals surface area contributed by atoms with Gasteiger partial charge in [0.05, 0.1) is 0 Å². The number of hydrogen-bond donors (Lipinski definition) is 0. The van der Waals surface area contributed by atoms with E-state index >= 15 is 0 Å². The largest absolute Gasteiger partial charge is 1.00 e. The van der Waals surface area contributed by atoms with Crippen LogP contribution in [-0.2, 0) is 22.4 Å². The van der Waals surface area contributed by atoms with Crippen molar-refractivity contribution in [1.29, 1.82) is 0 Å². The molecule has 0 unspecified atom stereocenters. The molecule has 3 aliphatic carbocycles. The van der Waals surface area contributed by atoms with E-state index in [-0.39, 0.29) is 68.4 Å². The number of allylic oxidation sites excluding steroid dienone is 4. The van der Waals surface area contributed by atoms with Gasteiger partial charge in [0.1, 0.15) is 5.78 Å². The number of fused-ring (bicyclic) bond motifs is 7. The van der Waals surface area contributed by atoms with Crippen molar-refractivity contribution in [2.75, 3.05) is 0 Å². The number of benzene rings is 12. The number of rotatable bonds is 8. The Morgan fingerprint density at radius 1 is 0.263 bits per heavy atom. The maximum Gasteiger partial charge on any atom is 1.00 e. The van der Waals surface area contributed by atoms with Gasteiger partial charge in [0, 0.05) is 62.8 Å². The minimum absolute atomic E-state index is 0. The first kappa shape index (κ1) is 53.4. The van der Waals surface area contributed by atoms with Gasteiger partial charge in [0.2, 0.25) is 11.6 Å². The van der Waals surface area contributed by atoms with Crippen LogP contribution in [0.3, 0.4) is 0 Å². The normalized spacial score (nSPS) is 12.7. The van der Waals surface area contributed by atoms with Gasteiger partial charge in [-0.1, -0.05) is 267 Å². The fourth-order valence-corrected chi connectivity index (χ4v) is 12.0. The Bertz CT molecular complexity index is 4410. The molecule has 0 atom stereocenters. The third kappa shape index (κ3) is 9.46. The fourth-order valence-electron chi connectivity index (χ4n) is 12.0. The van der Waals surface area contributed by atoms with Crippen molar-refractivity contribution in [3.8, 4) is 22.3 Å². The Hall–Kier alpha value is -8.56. The van der Waals surface area contributed by atoms with Gasteiger partial charge >= 0.3 is 51.4 Å². The maximum absolute atomic E-state index is 14.4. The average Bonchev–Trinajstić information content (AvgIpc) is 4.28. The topological polar surface area (TPSA) is 98.3 Å². The van der Waals surface area contributed by atoms with Gasteiger partial charge in [-0.25, -0.2) is 0 Å². The Balaban J connectivity index is 0.000000138. The smallest absolute Gasteiger partial charge is 0.870 e. The molecule has 0 aromatic heterocycles. The molecule has 0 saturated carbocycles. The zero-order chi connectivity index (χ0) is 52.7. The predicted molar refractivity (Wildman–Crippen MR) is 321 cm³/mol. The van der Waals surface area contributed by atoms with E-state index in [2.05, 4.69) is 103 Å². The second-order valence-electron chi connectivity index (χ2n) is 19.9. The monoisotopic (exact) mass is 1060 g/mol. The molecule has 0 saturated heterocycles. The van der Waals surface area contributed by atoms with Crippen LogP contribution >= 0.6 is 0 Å². The van der Waals surface area contributed by atoms with E-state index in [1.54, 1.807) is 6.07 Å². The van der Waals surface area contributed by atoms with Crippen LogP contribution < -0.4 is 51.4 Å². The van der Waals surface area contributed by atoms with Gasteiger partial charge < -0.3 is 5.48 Å². The standard InChI is InChI=1S/C37H22O.C22H12O2.C15H14O.K.H2O/c38-37-31(24-15-6-2-7-16-24)34-29-22-12-21-28-26-19-10-11-20-27(26)30(23-13-4-1-5-14-23)35(33(28)29)36(34)32(37)25-17-8-3-9-18-25;23-21-17-12-6-11-16-14-9-4-5-10-15(14)18(13-7-2-1-3-8-13)20(19(16)17)22(21)24;16-15(11-13-7-3-1-4-8-13)12-14-9-5-2-6-10-14;;/h1-22H;1-12H;1-10H,11-12H2;;1H2/q;;;+1;/p-1. The molecule has 0 radical (unpaired) electrons. The summed E-state index contributed by atoms with van der Waals surface area (Å²) >= 11 is 0. The maximum atomic E-state index is 14.4. The number of Topliss-reactive ketones (excluding diaryl/α,β-unsaturated/α-hetero) is 4. The first-order valence-electron chi connectivity index (χ1n) is 26.3. The zero-order valence-electron chi connectivity index (χ0n) is 43.9. The Morgan fingerprint density at radius 3 is 1.05 bits per heavy atom. The summed E-state index contributed by atoms with van der Waals surface area (Å²) in [5.41, 5.74) is 15.4. The summed E-state index contributed by atoms with van der Waals surface area (Å²) in [4.78, 5) is 51.5. The molecule has 5 nitrogen and oxygen atoms in total. The van der Waals surface area contributed by atoms with Crippen LogP contribution in [0.25, 0.3) is 87.6 Å². The average molecular weight is 1060 g/mol. The van der Waals surface area contributed by atoms with E-state index in [0.717, 1.165) is 88.3 Å². The molecule has 80 heavy (non-hydrogen) atoms. The molecule has 0 amide bonds. The molecule has 12 aromatic rings. The summed E-state index contributed by atoms with van der Waals surface area (Å²) < 4.78 is 0. The summed E-state index contributed by atoms with van der Waals surface area (Å²) in [6, 6.07) is 89.4. The molecule has 0 spiro atoms. The molecular weight excluding hydrogens is 1010 g/mol. The van der Waals surface area contributed by atoms with Crippen LogP contribution in [-0.4, -0.2) is 28.6 Å². The number of carbonyl (C=O) groups is 4. The van der Waals surface area contributed by atoms with E-state index in [0.29, 0.717) is 24.0 Å². The first-order chi connectivity index (χ1) is 38.4. The van der Waals surface area contributed by atoms with Crippen molar-refractivity contribution in [3.63, 3.8) is 0 Å². The van der Waals surface area contributed by atoms with Gasteiger partial charge in [-0.15, -0.1) is 0 Å². The van der Waals surface area contributed by atoms with Crippen LogP contribution in [0.15, 0.2) is 267 Å². The fraction of sp³-hybridized carbons (Fsp3) is 0.0270. The minimum atomic E-state index is -0.400. The Labute approximate surface area is 506 Å². The van der Waals surface area contributed by atoms with Crippen LogP contribution in [0.1, 0.15) is 54.1 Å². The van der Waals surface area contributed by atoms with E-state index in [9.17, 15) is 19.2 Å². The molecule has 1 N–H and O–H groups in total. The molecule has 0 aliphatic heterocycles. The molecular formula is C74H49KO5. The number of carbonyl (C=O) groups excluding carboxylic acids is 4. The third-order valence-electron chi connectivity index (χ3n) is 15.2. The van der Waals surface area contributed by atoms with Crippen molar-refractivity contribution >= 4 is 88.5 Å². The van der Waals surface area contributed by atoms with E-state index in [4.69, 9.17) is 0 Å². The molecule has 12 aromatic carbocycles. The summed E-state index contributed by atoms with van der Waals surface area (Å²) in [6.07, 6.45) is 1.05. The summed E-state index contributed by atoms with van der Waals surface area (Å²) in [5, 5.41) is 8.76. The second-order valence-corrected chi connectivity index (χ2v) is 19.9. The molecule has 3 aliphatic rings. The van der Waals surface area contributed by atoms with Gasteiger partial charge in [-0.2, -0.15) is 0 Å². The summed E-state index contributed by atoms with van der Waals surface area (Å²) in [6.45, 7) is 0. The van der Waals surface area contributed by atoms with Crippen LogP contribution in [0, 0.1) is 0 Å². The molecule has 0 fully saturated rings. The predicted octanol–water partition coefficient (Wildman–Crippen LogP) is 14.0. The van der Waals surface area contributed by atoms with Crippen molar-refractivity contribution in [1.82, 2.24) is 0 Å². The van der Waals surface area contributed by atoms with Crippen LogP contribution in [0.5, 0.6) is 0 Å². The van der Waals surface area contributed by atoms with Crippen LogP contribution in [0.4, 0.5) is 0 Å². The van der Waals surface area contributed by atoms with Crippen molar-refractivity contribution in [2.24, 2.45) is 0 Å². The number of hydrogen-bond acceptors (Lipinski definition) is 5. The molecule has 0 heterocycles. The minimum Gasteiger partial charge on any atom is -0.870 e. The Morgan fingerprint density at radius 2 is 0.600 bits per heavy atom. The zero-order valence-corrected chi connectivity index (χ0v) is 47.0. The molecule has 6 heteroatoms. The van der Waals surface area contributed by atoms with E-state index < -0.39 is 11.6 Å². The third-order valence-corrected chi connectivity index (χ3v) is 15.2. The second kappa shape index (κ2) is 23.0. The molecule has 376 valence electrons.